The van der Waals surface area contributed by atoms with Gasteiger partial charge in [0.2, 0.25) is 0 Å². The Balaban J connectivity index is 0.00000196. The van der Waals surface area contributed by atoms with E-state index < -0.39 is 0 Å². The summed E-state index contributed by atoms with van der Waals surface area (Å²) in [6.45, 7) is 6.67. The Bertz CT molecular complexity index is 661. The Morgan fingerprint density at radius 2 is 1.58 bits per heavy atom. The highest BCUT2D eigenvalue weighted by Gasteiger charge is 2.35. The first-order valence-electron chi connectivity index (χ1n) is 9.31. The van der Waals surface area contributed by atoms with Crippen molar-refractivity contribution < 1.29 is 4.74 Å². The van der Waals surface area contributed by atoms with Gasteiger partial charge in [0.15, 0.2) is 0 Å². The van der Waals surface area contributed by atoms with Crippen LogP contribution >= 0.6 is 12.4 Å². The van der Waals surface area contributed by atoms with Crippen molar-refractivity contribution in [2.75, 3.05) is 32.7 Å². The molecule has 2 saturated heterocycles. The first-order valence-corrected chi connectivity index (χ1v) is 9.31. The summed E-state index contributed by atoms with van der Waals surface area (Å²) in [5.41, 5.74) is 1.69. The molecule has 2 heterocycles. The van der Waals surface area contributed by atoms with Crippen LogP contribution in [0.1, 0.15) is 18.4 Å². The molecule has 0 aromatic heterocycles. The van der Waals surface area contributed by atoms with Gasteiger partial charge < -0.3 is 15.4 Å². The predicted octanol–water partition coefficient (Wildman–Crippen LogP) is 3.43. The highest BCUT2D eigenvalue weighted by molar-refractivity contribution is 5.85. The Labute approximate surface area is 162 Å². The summed E-state index contributed by atoms with van der Waals surface area (Å²) in [6, 6.07) is 18.4. The smallest absolute Gasteiger partial charge is 0.127 e. The lowest BCUT2D eigenvalue weighted by atomic mass is 9.86. The molecule has 0 bridgehead atoms. The number of benzene rings is 2. The molecule has 0 aliphatic carbocycles. The SMILES string of the molecule is Cl.c1ccc(Oc2ccc(CN3CCC4(CC3)CNCCN4)cc2)cc1. The summed E-state index contributed by atoms with van der Waals surface area (Å²) in [4.78, 5) is 2.56. The van der Waals surface area contributed by atoms with Crippen LogP contribution in [0.2, 0.25) is 0 Å². The second-order valence-electron chi connectivity index (χ2n) is 7.22. The number of likely N-dealkylation sites (tertiary alicyclic amines) is 1. The molecule has 4 rings (SSSR count). The topological polar surface area (TPSA) is 36.5 Å². The summed E-state index contributed by atoms with van der Waals surface area (Å²) >= 11 is 0. The standard InChI is InChI=1S/C21H27N3O.ClH/c1-2-4-19(5-3-1)25-20-8-6-18(7-9-20)16-24-14-10-21(11-15-24)17-22-12-13-23-21;/h1-9,22-23H,10-17H2;1H. The van der Waals surface area contributed by atoms with Crippen molar-refractivity contribution in [1.82, 2.24) is 15.5 Å². The van der Waals surface area contributed by atoms with Crippen molar-refractivity contribution in [3.63, 3.8) is 0 Å². The fourth-order valence-electron chi connectivity index (χ4n) is 3.84. The summed E-state index contributed by atoms with van der Waals surface area (Å²) in [7, 11) is 0. The lowest BCUT2D eigenvalue weighted by Gasteiger charge is -2.45. The predicted molar refractivity (Wildman–Crippen MR) is 108 cm³/mol. The highest BCUT2D eigenvalue weighted by Crippen LogP contribution is 2.25. The molecule has 2 fully saturated rings. The van der Waals surface area contributed by atoms with Crippen LogP contribution in [0, 0.1) is 0 Å². The van der Waals surface area contributed by atoms with Crippen molar-refractivity contribution >= 4 is 12.4 Å². The third-order valence-corrected chi connectivity index (χ3v) is 5.39. The molecular formula is C21H28ClN3O. The number of piperazine rings is 1. The van der Waals surface area contributed by atoms with Gasteiger partial charge in [-0.15, -0.1) is 12.4 Å². The molecule has 26 heavy (non-hydrogen) atoms. The van der Waals surface area contributed by atoms with E-state index in [2.05, 4.69) is 39.8 Å². The van der Waals surface area contributed by atoms with E-state index in [1.165, 1.54) is 18.4 Å². The molecule has 2 N–H and O–H groups in total. The van der Waals surface area contributed by atoms with Gasteiger partial charge in [0.25, 0.3) is 0 Å². The number of hydrogen-bond acceptors (Lipinski definition) is 4. The fourth-order valence-corrected chi connectivity index (χ4v) is 3.84. The molecule has 2 aromatic carbocycles. The molecule has 2 aliphatic heterocycles. The Hall–Kier alpha value is -1.59. The van der Waals surface area contributed by atoms with Gasteiger partial charge in [-0.25, -0.2) is 0 Å². The van der Waals surface area contributed by atoms with Crippen LogP contribution in [0.3, 0.4) is 0 Å². The maximum Gasteiger partial charge on any atom is 0.127 e. The number of rotatable bonds is 4. The number of hydrogen-bond donors (Lipinski definition) is 2. The third-order valence-electron chi connectivity index (χ3n) is 5.39. The minimum atomic E-state index is 0. The zero-order valence-electron chi connectivity index (χ0n) is 15.1. The molecule has 2 aliphatic rings. The monoisotopic (exact) mass is 373 g/mol. The average Bonchev–Trinajstić information content (AvgIpc) is 2.67. The minimum Gasteiger partial charge on any atom is -0.457 e. The molecule has 0 radical (unpaired) electrons. The van der Waals surface area contributed by atoms with Gasteiger partial charge in [-0.2, -0.15) is 0 Å². The van der Waals surface area contributed by atoms with Crippen LogP contribution < -0.4 is 15.4 Å². The lowest BCUT2D eigenvalue weighted by Crippen LogP contribution is -2.63. The van der Waals surface area contributed by atoms with E-state index in [-0.39, 0.29) is 12.4 Å². The summed E-state index contributed by atoms with van der Waals surface area (Å²) in [5, 5.41) is 7.28. The van der Waals surface area contributed by atoms with Crippen molar-refractivity contribution in [3.8, 4) is 11.5 Å². The number of piperidine rings is 1. The maximum atomic E-state index is 5.87. The van der Waals surface area contributed by atoms with Crippen molar-refractivity contribution in [1.29, 1.82) is 0 Å². The molecule has 140 valence electrons. The summed E-state index contributed by atoms with van der Waals surface area (Å²) < 4.78 is 5.87. The molecule has 0 atom stereocenters. The largest absolute Gasteiger partial charge is 0.457 e. The van der Waals surface area contributed by atoms with E-state index >= 15 is 0 Å². The van der Waals surface area contributed by atoms with Crippen LogP contribution in [0.4, 0.5) is 0 Å². The van der Waals surface area contributed by atoms with Crippen LogP contribution in [0.25, 0.3) is 0 Å². The molecule has 0 unspecified atom stereocenters. The first kappa shape index (κ1) is 19.2. The van der Waals surface area contributed by atoms with Crippen LogP contribution in [-0.2, 0) is 6.54 Å². The Morgan fingerprint density at radius 3 is 2.23 bits per heavy atom. The second kappa shape index (κ2) is 8.87. The zero-order valence-corrected chi connectivity index (χ0v) is 15.9. The van der Waals surface area contributed by atoms with E-state index in [1.54, 1.807) is 0 Å². The number of para-hydroxylation sites is 1. The van der Waals surface area contributed by atoms with E-state index in [0.29, 0.717) is 5.54 Å². The summed E-state index contributed by atoms with van der Waals surface area (Å²) in [5.74, 6) is 1.77. The van der Waals surface area contributed by atoms with Crippen molar-refractivity contribution in [2.24, 2.45) is 0 Å². The van der Waals surface area contributed by atoms with Crippen molar-refractivity contribution in [3.05, 3.63) is 60.2 Å². The molecular weight excluding hydrogens is 346 g/mol. The van der Waals surface area contributed by atoms with Gasteiger partial charge in [0.05, 0.1) is 0 Å². The molecule has 0 saturated carbocycles. The van der Waals surface area contributed by atoms with E-state index in [9.17, 15) is 0 Å². The van der Waals surface area contributed by atoms with E-state index in [4.69, 9.17) is 4.74 Å². The average molecular weight is 374 g/mol. The quantitative estimate of drug-likeness (QED) is 0.860. The van der Waals surface area contributed by atoms with Gasteiger partial charge in [0, 0.05) is 44.8 Å². The van der Waals surface area contributed by atoms with Gasteiger partial charge in [0.1, 0.15) is 11.5 Å². The Kier molecular flexibility index (Phi) is 6.54. The molecule has 1 spiro atoms. The fraction of sp³-hybridized carbons (Fsp3) is 0.429. The van der Waals surface area contributed by atoms with Gasteiger partial charge in [-0.1, -0.05) is 30.3 Å². The molecule has 4 nitrogen and oxygen atoms in total. The van der Waals surface area contributed by atoms with Crippen LogP contribution in [0.15, 0.2) is 54.6 Å². The van der Waals surface area contributed by atoms with Gasteiger partial charge in [-0.05, 0) is 42.7 Å². The second-order valence-corrected chi connectivity index (χ2v) is 7.22. The van der Waals surface area contributed by atoms with E-state index in [0.717, 1.165) is 50.8 Å². The van der Waals surface area contributed by atoms with Crippen molar-refractivity contribution in [2.45, 2.75) is 24.9 Å². The number of ether oxygens (including phenoxy) is 1. The lowest BCUT2D eigenvalue weighted by molar-refractivity contribution is 0.116. The zero-order chi connectivity index (χ0) is 17.0. The van der Waals surface area contributed by atoms with E-state index in [1.807, 2.05) is 30.3 Å². The highest BCUT2D eigenvalue weighted by atomic mass is 35.5. The van der Waals surface area contributed by atoms with Crippen LogP contribution in [-0.4, -0.2) is 43.2 Å². The third kappa shape index (κ3) is 4.77. The first-order chi connectivity index (χ1) is 12.3. The van der Waals surface area contributed by atoms with Gasteiger partial charge >= 0.3 is 0 Å². The molecule has 0 amide bonds. The summed E-state index contributed by atoms with van der Waals surface area (Å²) in [6.07, 6.45) is 2.46. The number of halogens is 1. The van der Waals surface area contributed by atoms with Gasteiger partial charge in [-0.3, -0.25) is 4.90 Å². The Morgan fingerprint density at radius 1 is 0.885 bits per heavy atom. The maximum absolute atomic E-state index is 5.87. The minimum absolute atomic E-state index is 0. The molecule has 5 heteroatoms. The molecule has 2 aromatic rings. The van der Waals surface area contributed by atoms with Crippen LogP contribution in [0.5, 0.6) is 11.5 Å². The number of nitrogens with zero attached hydrogens (tertiary/aromatic N) is 1. The normalized spacial score (nSPS) is 19.7. The number of nitrogens with one attached hydrogen (secondary N) is 2.